The molecule has 0 N–H and O–H groups in total. The second kappa shape index (κ2) is 13.6. The fourth-order valence-corrected chi connectivity index (χ4v) is 12.2. The van der Waals surface area contributed by atoms with E-state index < -0.39 is 10.8 Å². The molecule has 1 aliphatic heterocycles. The molecule has 9 aromatic carbocycles. The molecular formula is C64H51NO. The second-order valence-electron chi connectivity index (χ2n) is 20.8. The lowest BCUT2D eigenvalue weighted by molar-refractivity contribution is 0.436. The van der Waals surface area contributed by atoms with Crippen LogP contribution in [0.1, 0.15) is 97.2 Å². The monoisotopic (exact) mass is 849 g/mol. The van der Waals surface area contributed by atoms with Gasteiger partial charge in [-0.2, -0.15) is 0 Å². The molecule has 0 saturated heterocycles. The van der Waals surface area contributed by atoms with Crippen LogP contribution in [0.2, 0.25) is 0 Å². The molecule has 0 aromatic heterocycles. The number of benzene rings is 9. The van der Waals surface area contributed by atoms with Gasteiger partial charge in [0.25, 0.3) is 0 Å². The van der Waals surface area contributed by atoms with Crippen molar-refractivity contribution in [3.63, 3.8) is 0 Å². The minimum absolute atomic E-state index is 0.0233. The third kappa shape index (κ3) is 5.13. The molecule has 4 aliphatic rings. The summed E-state index contributed by atoms with van der Waals surface area (Å²) in [4.78, 5) is 2.49. The molecule has 0 radical (unpaired) electrons. The Morgan fingerprint density at radius 2 is 0.652 bits per heavy atom. The van der Waals surface area contributed by atoms with Gasteiger partial charge >= 0.3 is 0 Å². The number of hydrogen-bond acceptors (Lipinski definition) is 2. The summed E-state index contributed by atoms with van der Waals surface area (Å²) in [6, 6.07) is 75.5. The van der Waals surface area contributed by atoms with Gasteiger partial charge in [0.05, 0.1) is 10.8 Å². The van der Waals surface area contributed by atoms with Gasteiger partial charge in [0.1, 0.15) is 11.5 Å². The minimum atomic E-state index is -0.577. The van der Waals surface area contributed by atoms with Gasteiger partial charge in [0.2, 0.25) is 0 Å². The highest BCUT2D eigenvalue weighted by molar-refractivity contribution is 5.97. The minimum Gasteiger partial charge on any atom is -0.457 e. The molecule has 2 heteroatoms. The Balaban J connectivity index is 1.09. The summed E-state index contributed by atoms with van der Waals surface area (Å²) in [5.41, 5.74) is 23.0. The molecule has 0 saturated carbocycles. The zero-order valence-corrected chi connectivity index (χ0v) is 38.4. The van der Waals surface area contributed by atoms with Crippen molar-refractivity contribution < 1.29 is 4.74 Å². The quantitative estimate of drug-likeness (QED) is 0.176. The van der Waals surface area contributed by atoms with Crippen LogP contribution < -0.4 is 9.64 Å². The first-order chi connectivity index (χ1) is 32.0. The maximum absolute atomic E-state index is 6.72. The highest BCUT2D eigenvalue weighted by Crippen LogP contribution is 2.65. The summed E-state index contributed by atoms with van der Waals surface area (Å²) in [6.07, 6.45) is 0. The number of rotatable bonds is 3. The first-order valence-electron chi connectivity index (χ1n) is 23.5. The molecule has 9 aromatic rings. The molecule has 0 unspecified atom stereocenters. The van der Waals surface area contributed by atoms with Gasteiger partial charge in [-0.25, -0.2) is 0 Å². The standard InChI is InChI=1S/C64H51NO/c1-61(2,3)40-28-32-47-48-33-29-41(62(4,5)6)37-56(48)64(55(47)36-40)52-23-13-11-21-46(52)50-35-31-44(39-58(50)64)65(42-18-8-7-9-19-42)43-30-34-49-45-20-10-12-22-51(45)63(57(49)38-43)53-24-14-16-26-59(53)66-60-27-17-15-25-54(60)63/h7-39H,1-6H3. The molecule has 0 atom stereocenters. The highest BCUT2D eigenvalue weighted by atomic mass is 16.5. The van der Waals surface area contributed by atoms with Crippen LogP contribution in [0.15, 0.2) is 200 Å². The second-order valence-corrected chi connectivity index (χ2v) is 20.8. The lowest BCUT2D eigenvalue weighted by Crippen LogP contribution is -2.32. The summed E-state index contributed by atoms with van der Waals surface area (Å²) in [6.45, 7) is 14.0. The van der Waals surface area contributed by atoms with Crippen LogP contribution >= 0.6 is 0 Å². The zero-order chi connectivity index (χ0) is 44.7. The van der Waals surface area contributed by atoms with Crippen LogP contribution in [0.25, 0.3) is 33.4 Å². The van der Waals surface area contributed by atoms with E-state index in [0.717, 1.165) is 28.6 Å². The molecule has 1 heterocycles. The van der Waals surface area contributed by atoms with Crippen LogP contribution in [0.3, 0.4) is 0 Å². The Hall–Kier alpha value is -7.42. The Morgan fingerprint density at radius 1 is 0.303 bits per heavy atom. The van der Waals surface area contributed by atoms with Crippen LogP contribution in [0.4, 0.5) is 17.1 Å². The molecular weight excluding hydrogens is 799 g/mol. The van der Waals surface area contributed by atoms with Gasteiger partial charge in [-0.05, 0) is 137 Å². The van der Waals surface area contributed by atoms with Gasteiger partial charge in [-0.3, -0.25) is 0 Å². The van der Waals surface area contributed by atoms with Gasteiger partial charge in [-0.15, -0.1) is 0 Å². The van der Waals surface area contributed by atoms with E-state index in [9.17, 15) is 0 Å². The molecule has 0 amide bonds. The average Bonchev–Trinajstić information content (AvgIpc) is 3.91. The molecule has 318 valence electrons. The van der Waals surface area contributed by atoms with E-state index in [-0.39, 0.29) is 10.8 Å². The Labute approximate surface area is 388 Å². The van der Waals surface area contributed by atoms with E-state index >= 15 is 0 Å². The molecule has 13 rings (SSSR count). The van der Waals surface area contributed by atoms with Gasteiger partial charge in [-0.1, -0.05) is 193 Å². The highest BCUT2D eigenvalue weighted by Gasteiger charge is 2.54. The molecule has 3 aliphatic carbocycles. The number of anilines is 3. The Morgan fingerprint density at radius 3 is 1.11 bits per heavy atom. The largest absolute Gasteiger partial charge is 0.457 e. The summed E-state index contributed by atoms with van der Waals surface area (Å²) in [5.74, 6) is 1.79. The van der Waals surface area contributed by atoms with E-state index in [1.807, 2.05) is 0 Å². The zero-order valence-electron chi connectivity index (χ0n) is 38.4. The van der Waals surface area contributed by atoms with E-state index in [0.29, 0.717) is 0 Å². The molecule has 2 spiro atoms. The molecule has 0 fully saturated rings. The van der Waals surface area contributed by atoms with Crippen molar-refractivity contribution in [1.82, 2.24) is 0 Å². The van der Waals surface area contributed by atoms with E-state index in [1.54, 1.807) is 0 Å². The molecule has 2 nitrogen and oxygen atoms in total. The average molecular weight is 850 g/mol. The first kappa shape index (κ1) is 39.0. The summed E-state index contributed by atoms with van der Waals surface area (Å²) < 4.78 is 6.72. The van der Waals surface area contributed by atoms with Crippen molar-refractivity contribution in [3.05, 3.63) is 256 Å². The van der Waals surface area contributed by atoms with Crippen molar-refractivity contribution in [3.8, 4) is 44.9 Å². The van der Waals surface area contributed by atoms with Gasteiger partial charge < -0.3 is 9.64 Å². The third-order valence-corrected chi connectivity index (χ3v) is 15.3. The Kier molecular flexibility index (Phi) is 8.01. The summed E-state index contributed by atoms with van der Waals surface area (Å²) in [7, 11) is 0. The van der Waals surface area contributed by atoms with Crippen molar-refractivity contribution >= 4 is 17.1 Å². The van der Waals surface area contributed by atoms with Crippen molar-refractivity contribution in [2.45, 2.75) is 63.2 Å². The normalized spacial score (nSPS) is 14.9. The lowest BCUT2D eigenvalue weighted by atomic mass is 9.66. The number of ether oxygens (including phenoxy) is 1. The maximum atomic E-state index is 6.72. The summed E-state index contributed by atoms with van der Waals surface area (Å²) in [5, 5.41) is 0. The maximum Gasteiger partial charge on any atom is 0.132 e. The third-order valence-electron chi connectivity index (χ3n) is 15.3. The fourth-order valence-electron chi connectivity index (χ4n) is 12.2. The SMILES string of the molecule is CC(C)(C)c1ccc2c(c1)C1(c3ccccc3-c3ccc(N(c4ccccc4)c4ccc5c(c4)C4(c6ccccc6Oc6ccccc64)c4ccccc4-5)cc31)c1cc(C(C)(C)C)ccc1-2. The van der Waals surface area contributed by atoms with E-state index in [2.05, 4.69) is 247 Å². The molecule has 66 heavy (non-hydrogen) atoms. The molecule has 0 bridgehead atoms. The van der Waals surface area contributed by atoms with Crippen molar-refractivity contribution in [2.75, 3.05) is 4.90 Å². The van der Waals surface area contributed by atoms with Gasteiger partial charge in [0, 0.05) is 28.2 Å². The number of fused-ring (bicyclic) bond motifs is 19. The van der Waals surface area contributed by atoms with E-state index in [4.69, 9.17) is 4.74 Å². The van der Waals surface area contributed by atoms with Crippen LogP contribution in [-0.4, -0.2) is 0 Å². The topological polar surface area (TPSA) is 12.5 Å². The lowest BCUT2D eigenvalue weighted by Gasteiger charge is -2.39. The van der Waals surface area contributed by atoms with E-state index in [1.165, 1.54) is 89.0 Å². The first-order valence-corrected chi connectivity index (χ1v) is 23.5. The number of nitrogens with zero attached hydrogens (tertiary/aromatic N) is 1. The van der Waals surface area contributed by atoms with Crippen molar-refractivity contribution in [1.29, 1.82) is 0 Å². The number of hydrogen-bond donors (Lipinski definition) is 0. The van der Waals surface area contributed by atoms with Gasteiger partial charge in [0.15, 0.2) is 0 Å². The predicted molar refractivity (Wildman–Crippen MR) is 272 cm³/mol. The fraction of sp³-hybridized carbons (Fsp3) is 0.156. The number of para-hydroxylation sites is 3. The predicted octanol–water partition coefficient (Wildman–Crippen LogP) is 16.6. The summed E-state index contributed by atoms with van der Waals surface area (Å²) >= 11 is 0. The van der Waals surface area contributed by atoms with Crippen LogP contribution in [-0.2, 0) is 21.7 Å². The van der Waals surface area contributed by atoms with Crippen LogP contribution in [0.5, 0.6) is 11.5 Å². The van der Waals surface area contributed by atoms with Crippen molar-refractivity contribution in [2.24, 2.45) is 0 Å². The van der Waals surface area contributed by atoms with Crippen LogP contribution in [0, 0.1) is 0 Å². The smallest absolute Gasteiger partial charge is 0.132 e. The Bertz CT molecular complexity index is 3380.